The van der Waals surface area contributed by atoms with Gasteiger partial charge in [0.15, 0.2) is 0 Å². The van der Waals surface area contributed by atoms with Gasteiger partial charge in [-0.05, 0) is 47.1 Å². The lowest BCUT2D eigenvalue weighted by atomic mass is 10.1. The number of rotatable bonds is 1. The van der Waals surface area contributed by atoms with E-state index < -0.39 is 0 Å². The molecule has 0 unspecified atom stereocenters. The van der Waals surface area contributed by atoms with E-state index in [0.717, 1.165) is 6.04 Å². The number of hydrogen-bond donors (Lipinski definition) is 0. The van der Waals surface area contributed by atoms with Crippen molar-refractivity contribution < 1.29 is 0 Å². The number of nitrogens with zero attached hydrogens (tertiary/aromatic N) is 2. The summed E-state index contributed by atoms with van der Waals surface area (Å²) in [5, 5.41) is 0. The normalized spacial score (nSPS) is 20.5. The van der Waals surface area contributed by atoms with E-state index in [4.69, 9.17) is 0 Å². The van der Waals surface area contributed by atoms with Crippen LogP contribution in [0, 0.1) is 0 Å². The van der Waals surface area contributed by atoms with Crippen LogP contribution in [0.2, 0.25) is 0 Å². The Bertz CT molecular complexity index is 94.0. The Balaban J connectivity index is 0.000000561. The lowest BCUT2D eigenvalue weighted by Gasteiger charge is -2.32. The molecule has 0 aromatic carbocycles. The molecule has 1 aliphatic heterocycles. The number of likely N-dealkylation sites (tertiary alicyclic amines) is 1. The van der Waals surface area contributed by atoms with Gasteiger partial charge in [-0.25, -0.2) is 0 Å². The van der Waals surface area contributed by atoms with Crippen LogP contribution in [0.4, 0.5) is 0 Å². The van der Waals surface area contributed by atoms with E-state index in [1.165, 1.54) is 25.9 Å². The minimum Gasteiger partial charge on any atom is -0.306 e. The molecule has 0 radical (unpaired) electrons. The van der Waals surface area contributed by atoms with Crippen molar-refractivity contribution in [3.8, 4) is 0 Å². The minimum atomic E-state index is 0.830. The van der Waals surface area contributed by atoms with Crippen LogP contribution in [-0.4, -0.2) is 50.1 Å². The molecule has 1 aliphatic rings. The molecule has 1 saturated heterocycles. The summed E-state index contributed by atoms with van der Waals surface area (Å²) in [7, 11) is 6.55. The van der Waals surface area contributed by atoms with Crippen molar-refractivity contribution in [2.45, 2.75) is 32.7 Å². The fraction of sp³-hybridized carbons (Fsp3) is 1.00. The third-order valence-corrected chi connectivity index (χ3v) is 2.42. The molecular formula is C10H24N2. The molecule has 0 N–H and O–H groups in total. The Morgan fingerprint density at radius 3 is 1.83 bits per heavy atom. The molecule has 0 aromatic heterocycles. The molecule has 1 fully saturated rings. The van der Waals surface area contributed by atoms with E-state index in [0.29, 0.717) is 0 Å². The lowest BCUT2D eigenvalue weighted by Crippen LogP contribution is -2.40. The van der Waals surface area contributed by atoms with Crippen LogP contribution in [0.5, 0.6) is 0 Å². The second-order valence-electron chi connectivity index (χ2n) is 3.50. The highest BCUT2D eigenvalue weighted by molar-refractivity contribution is 4.74. The molecule has 1 heterocycles. The van der Waals surface area contributed by atoms with Crippen LogP contribution in [0.25, 0.3) is 0 Å². The minimum absolute atomic E-state index is 0.830. The molecular weight excluding hydrogens is 148 g/mol. The summed E-state index contributed by atoms with van der Waals surface area (Å²) in [5.41, 5.74) is 0. The van der Waals surface area contributed by atoms with Crippen molar-refractivity contribution in [2.75, 3.05) is 34.2 Å². The fourth-order valence-electron chi connectivity index (χ4n) is 1.51. The Morgan fingerprint density at radius 1 is 1.08 bits per heavy atom. The Kier molecular flexibility index (Phi) is 6.39. The van der Waals surface area contributed by atoms with Gasteiger partial charge >= 0.3 is 0 Å². The van der Waals surface area contributed by atoms with Gasteiger partial charge in [0.25, 0.3) is 0 Å². The van der Waals surface area contributed by atoms with Crippen LogP contribution >= 0.6 is 0 Å². The first-order chi connectivity index (χ1) is 5.70. The van der Waals surface area contributed by atoms with E-state index in [1.54, 1.807) is 0 Å². The molecule has 2 heteroatoms. The average molecular weight is 172 g/mol. The first-order valence-electron chi connectivity index (χ1n) is 5.05. The Labute approximate surface area is 77.5 Å². The molecule has 1 rings (SSSR count). The molecule has 0 spiro atoms. The predicted molar refractivity (Wildman–Crippen MR) is 55.6 cm³/mol. The fourth-order valence-corrected chi connectivity index (χ4v) is 1.51. The first kappa shape index (κ1) is 11.9. The predicted octanol–water partition coefficient (Wildman–Crippen LogP) is 1.67. The molecule has 0 aliphatic carbocycles. The van der Waals surface area contributed by atoms with Crippen molar-refractivity contribution in [2.24, 2.45) is 0 Å². The average Bonchev–Trinajstić information content (AvgIpc) is 2.09. The molecule has 0 bridgehead atoms. The zero-order valence-electron chi connectivity index (χ0n) is 9.30. The monoisotopic (exact) mass is 172 g/mol. The SMILES string of the molecule is CC.CN1CCC(N(C)C)CC1. The van der Waals surface area contributed by atoms with Gasteiger partial charge in [0.05, 0.1) is 0 Å². The van der Waals surface area contributed by atoms with E-state index in [1.807, 2.05) is 13.8 Å². The molecule has 0 amide bonds. The zero-order chi connectivity index (χ0) is 9.56. The summed E-state index contributed by atoms with van der Waals surface area (Å²) in [6.45, 7) is 6.53. The lowest BCUT2D eigenvalue weighted by molar-refractivity contribution is 0.166. The van der Waals surface area contributed by atoms with Crippen LogP contribution in [-0.2, 0) is 0 Å². The first-order valence-corrected chi connectivity index (χ1v) is 5.05. The second kappa shape index (κ2) is 6.44. The number of piperidine rings is 1. The topological polar surface area (TPSA) is 6.48 Å². The van der Waals surface area contributed by atoms with Crippen molar-refractivity contribution in [3.63, 3.8) is 0 Å². The van der Waals surface area contributed by atoms with Gasteiger partial charge in [0.1, 0.15) is 0 Å². The zero-order valence-corrected chi connectivity index (χ0v) is 9.30. The van der Waals surface area contributed by atoms with E-state index in [-0.39, 0.29) is 0 Å². The van der Waals surface area contributed by atoms with E-state index in [9.17, 15) is 0 Å². The maximum absolute atomic E-state index is 2.40. The van der Waals surface area contributed by atoms with Gasteiger partial charge in [-0.2, -0.15) is 0 Å². The second-order valence-corrected chi connectivity index (χ2v) is 3.50. The van der Waals surface area contributed by atoms with Crippen LogP contribution in [0.3, 0.4) is 0 Å². The molecule has 74 valence electrons. The summed E-state index contributed by atoms with van der Waals surface area (Å²) < 4.78 is 0. The van der Waals surface area contributed by atoms with E-state index in [2.05, 4.69) is 30.9 Å². The quantitative estimate of drug-likeness (QED) is 0.593. The maximum Gasteiger partial charge on any atom is 0.0113 e. The summed E-state index contributed by atoms with van der Waals surface area (Å²) in [6.07, 6.45) is 2.67. The van der Waals surface area contributed by atoms with Crippen molar-refractivity contribution in [3.05, 3.63) is 0 Å². The standard InChI is InChI=1S/C8H18N2.C2H6/c1-9(2)8-4-6-10(3)7-5-8;1-2/h8H,4-7H2,1-3H3;1-2H3. The van der Waals surface area contributed by atoms with Gasteiger partial charge < -0.3 is 9.80 Å². The summed E-state index contributed by atoms with van der Waals surface area (Å²) in [6, 6.07) is 0.830. The van der Waals surface area contributed by atoms with E-state index >= 15 is 0 Å². The third-order valence-electron chi connectivity index (χ3n) is 2.42. The molecule has 0 atom stereocenters. The highest BCUT2D eigenvalue weighted by atomic mass is 15.2. The largest absolute Gasteiger partial charge is 0.306 e. The Hall–Kier alpha value is -0.0800. The highest BCUT2D eigenvalue weighted by Crippen LogP contribution is 2.11. The molecule has 12 heavy (non-hydrogen) atoms. The van der Waals surface area contributed by atoms with Crippen LogP contribution < -0.4 is 0 Å². The number of hydrogen-bond acceptors (Lipinski definition) is 2. The van der Waals surface area contributed by atoms with Gasteiger partial charge in [-0.15, -0.1) is 0 Å². The van der Waals surface area contributed by atoms with Gasteiger partial charge in [0.2, 0.25) is 0 Å². The summed E-state index contributed by atoms with van der Waals surface area (Å²) in [4.78, 5) is 4.74. The van der Waals surface area contributed by atoms with Crippen LogP contribution in [0.15, 0.2) is 0 Å². The maximum atomic E-state index is 2.40. The highest BCUT2D eigenvalue weighted by Gasteiger charge is 2.17. The van der Waals surface area contributed by atoms with Gasteiger partial charge in [-0.1, -0.05) is 13.8 Å². The summed E-state index contributed by atoms with van der Waals surface area (Å²) in [5.74, 6) is 0. The summed E-state index contributed by atoms with van der Waals surface area (Å²) >= 11 is 0. The van der Waals surface area contributed by atoms with Gasteiger partial charge in [-0.3, -0.25) is 0 Å². The van der Waals surface area contributed by atoms with Gasteiger partial charge in [0, 0.05) is 6.04 Å². The third kappa shape index (κ3) is 4.07. The van der Waals surface area contributed by atoms with Crippen molar-refractivity contribution in [1.29, 1.82) is 0 Å². The Morgan fingerprint density at radius 2 is 1.50 bits per heavy atom. The molecule has 0 aromatic rings. The van der Waals surface area contributed by atoms with Crippen LogP contribution in [0.1, 0.15) is 26.7 Å². The smallest absolute Gasteiger partial charge is 0.0113 e. The van der Waals surface area contributed by atoms with Crippen molar-refractivity contribution in [1.82, 2.24) is 9.80 Å². The molecule has 0 saturated carbocycles. The van der Waals surface area contributed by atoms with Crippen molar-refractivity contribution >= 4 is 0 Å². The molecule has 2 nitrogen and oxygen atoms in total.